The number of carbonyl (C=O) groups excluding carboxylic acids is 2. The molecule has 0 bridgehead atoms. The van der Waals surface area contributed by atoms with Crippen molar-refractivity contribution in [1.82, 2.24) is 10.3 Å². The third-order valence-electron chi connectivity index (χ3n) is 3.07. The van der Waals surface area contributed by atoms with Gasteiger partial charge in [0.25, 0.3) is 0 Å². The highest BCUT2D eigenvalue weighted by atomic mass is 35.5. The highest BCUT2D eigenvalue weighted by molar-refractivity contribution is 6.41. The molecular formula is C16H16ClN3O3. The molecular weight excluding hydrogens is 318 g/mol. The fourth-order valence-corrected chi connectivity index (χ4v) is 2.02. The van der Waals surface area contributed by atoms with E-state index < -0.39 is 11.8 Å². The lowest BCUT2D eigenvalue weighted by atomic mass is 10.1. The average Bonchev–Trinajstić information content (AvgIpc) is 2.57. The number of nitrogens with one attached hydrogen (secondary N) is 2. The van der Waals surface area contributed by atoms with Crippen LogP contribution >= 0.6 is 11.6 Å². The van der Waals surface area contributed by atoms with Gasteiger partial charge in [-0.15, -0.1) is 0 Å². The minimum atomic E-state index is -0.783. The first kappa shape index (κ1) is 16.8. The summed E-state index contributed by atoms with van der Waals surface area (Å²) in [5.41, 5.74) is 1.33. The molecule has 2 aromatic rings. The number of pyridine rings is 1. The second-order valence-electron chi connectivity index (χ2n) is 4.65. The molecule has 2 N–H and O–H groups in total. The Balaban J connectivity index is 1.79. The molecule has 0 unspecified atom stereocenters. The fourth-order valence-electron chi connectivity index (χ4n) is 1.85. The molecule has 0 saturated heterocycles. The molecule has 0 aliphatic rings. The van der Waals surface area contributed by atoms with Gasteiger partial charge in [0, 0.05) is 12.7 Å². The maximum Gasteiger partial charge on any atom is 0.313 e. The Morgan fingerprint density at radius 1 is 1.17 bits per heavy atom. The van der Waals surface area contributed by atoms with Crippen molar-refractivity contribution in [3.05, 3.63) is 53.3 Å². The van der Waals surface area contributed by atoms with Crippen molar-refractivity contribution in [1.29, 1.82) is 0 Å². The van der Waals surface area contributed by atoms with Gasteiger partial charge in [-0.1, -0.05) is 23.7 Å². The molecule has 1 heterocycles. The molecule has 6 nitrogen and oxygen atoms in total. The molecule has 0 spiro atoms. The largest absolute Gasteiger partial charge is 0.497 e. The van der Waals surface area contributed by atoms with Crippen molar-refractivity contribution >= 4 is 29.1 Å². The Hall–Kier alpha value is -2.60. The van der Waals surface area contributed by atoms with E-state index in [0.717, 1.165) is 11.3 Å². The number of anilines is 1. The molecule has 2 rings (SSSR count). The van der Waals surface area contributed by atoms with Gasteiger partial charge in [-0.05, 0) is 36.2 Å². The van der Waals surface area contributed by atoms with Crippen LogP contribution in [0.2, 0.25) is 5.15 Å². The highest BCUT2D eigenvalue weighted by Crippen LogP contribution is 2.17. The highest BCUT2D eigenvalue weighted by Gasteiger charge is 2.14. The number of benzene rings is 1. The number of nitrogens with zero attached hydrogens (tertiary/aromatic N) is 1. The van der Waals surface area contributed by atoms with E-state index in [1.807, 2.05) is 24.3 Å². The Morgan fingerprint density at radius 3 is 2.57 bits per heavy atom. The predicted molar refractivity (Wildman–Crippen MR) is 87.6 cm³/mol. The van der Waals surface area contributed by atoms with Crippen molar-refractivity contribution in [2.75, 3.05) is 19.0 Å². The maximum absolute atomic E-state index is 11.8. The second kappa shape index (κ2) is 8.14. The summed E-state index contributed by atoms with van der Waals surface area (Å²) in [6.07, 6.45) is 2.10. The Labute approximate surface area is 138 Å². The normalized spacial score (nSPS) is 10.0. The summed E-state index contributed by atoms with van der Waals surface area (Å²) in [5, 5.41) is 5.10. The van der Waals surface area contributed by atoms with Gasteiger partial charge in [-0.3, -0.25) is 9.59 Å². The lowest BCUT2D eigenvalue weighted by Crippen LogP contribution is -2.36. The fraction of sp³-hybridized carbons (Fsp3) is 0.188. The smallest absolute Gasteiger partial charge is 0.313 e. The first-order chi connectivity index (χ1) is 11.1. The van der Waals surface area contributed by atoms with Crippen LogP contribution in [0.3, 0.4) is 0 Å². The summed E-state index contributed by atoms with van der Waals surface area (Å²) in [4.78, 5) is 27.3. The van der Waals surface area contributed by atoms with Crippen LogP contribution in [0.5, 0.6) is 5.75 Å². The van der Waals surface area contributed by atoms with Crippen LogP contribution in [-0.2, 0) is 16.0 Å². The zero-order valence-electron chi connectivity index (χ0n) is 12.5. The number of aromatic nitrogens is 1. The van der Waals surface area contributed by atoms with E-state index in [-0.39, 0.29) is 5.15 Å². The SMILES string of the molecule is COc1ccc(CCNC(=O)C(=O)Nc2cccnc2Cl)cc1. The number of rotatable bonds is 5. The number of hydrogen-bond acceptors (Lipinski definition) is 4. The van der Waals surface area contributed by atoms with Crippen molar-refractivity contribution in [2.24, 2.45) is 0 Å². The number of hydrogen-bond donors (Lipinski definition) is 2. The molecule has 23 heavy (non-hydrogen) atoms. The van der Waals surface area contributed by atoms with E-state index in [9.17, 15) is 9.59 Å². The second-order valence-corrected chi connectivity index (χ2v) is 5.01. The Morgan fingerprint density at radius 2 is 1.91 bits per heavy atom. The third kappa shape index (κ3) is 4.96. The number of ether oxygens (including phenoxy) is 1. The average molecular weight is 334 g/mol. The first-order valence-electron chi connectivity index (χ1n) is 6.93. The molecule has 0 fully saturated rings. The summed E-state index contributed by atoms with van der Waals surface area (Å²) in [5.74, 6) is -0.737. The van der Waals surface area contributed by atoms with Gasteiger partial charge in [0.2, 0.25) is 0 Å². The van der Waals surface area contributed by atoms with E-state index in [4.69, 9.17) is 16.3 Å². The summed E-state index contributed by atoms with van der Waals surface area (Å²) in [6.45, 7) is 0.347. The number of carbonyl (C=O) groups is 2. The minimum Gasteiger partial charge on any atom is -0.497 e. The van der Waals surface area contributed by atoms with Crippen molar-refractivity contribution in [2.45, 2.75) is 6.42 Å². The van der Waals surface area contributed by atoms with Gasteiger partial charge in [-0.25, -0.2) is 4.98 Å². The predicted octanol–water partition coefficient (Wildman–Crippen LogP) is 2.04. The Kier molecular flexibility index (Phi) is 5.94. The standard InChI is InChI=1S/C16H16ClN3O3/c1-23-12-6-4-11(5-7-12)8-10-19-15(21)16(22)20-13-3-2-9-18-14(13)17/h2-7,9H,8,10H2,1H3,(H,19,21)(H,20,22). The van der Waals surface area contributed by atoms with Gasteiger partial charge in [0.05, 0.1) is 12.8 Å². The monoisotopic (exact) mass is 333 g/mol. The molecule has 1 aromatic heterocycles. The number of halogens is 1. The third-order valence-corrected chi connectivity index (χ3v) is 3.37. The van der Waals surface area contributed by atoms with E-state index in [1.54, 1.807) is 19.2 Å². The van der Waals surface area contributed by atoms with Gasteiger partial charge in [-0.2, -0.15) is 0 Å². The Bertz CT molecular complexity index is 689. The molecule has 2 amide bonds. The van der Waals surface area contributed by atoms with Crippen molar-refractivity contribution in [3.8, 4) is 5.75 Å². The van der Waals surface area contributed by atoms with Crippen molar-refractivity contribution in [3.63, 3.8) is 0 Å². The van der Waals surface area contributed by atoms with Gasteiger partial charge in [0.15, 0.2) is 5.15 Å². The zero-order valence-corrected chi connectivity index (χ0v) is 13.3. The van der Waals surface area contributed by atoms with Crippen LogP contribution < -0.4 is 15.4 Å². The molecule has 0 aliphatic carbocycles. The van der Waals surface area contributed by atoms with Gasteiger partial charge in [0.1, 0.15) is 5.75 Å². The first-order valence-corrected chi connectivity index (χ1v) is 7.30. The quantitative estimate of drug-likeness (QED) is 0.648. The van der Waals surface area contributed by atoms with Crippen LogP contribution in [0.25, 0.3) is 0 Å². The van der Waals surface area contributed by atoms with E-state index >= 15 is 0 Å². The van der Waals surface area contributed by atoms with Crippen LogP contribution in [0.15, 0.2) is 42.6 Å². The molecule has 0 saturated carbocycles. The van der Waals surface area contributed by atoms with E-state index in [0.29, 0.717) is 18.7 Å². The van der Waals surface area contributed by atoms with Gasteiger partial charge >= 0.3 is 11.8 Å². The summed E-state index contributed by atoms with van der Waals surface area (Å²) in [6, 6.07) is 10.7. The summed E-state index contributed by atoms with van der Waals surface area (Å²) in [7, 11) is 1.60. The van der Waals surface area contributed by atoms with Gasteiger partial charge < -0.3 is 15.4 Å². The molecule has 1 aromatic carbocycles. The van der Waals surface area contributed by atoms with Crippen LogP contribution in [0.1, 0.15) is 5.56 Å². The summed E-state index contributed by atoms with van der Waals surface area (Å²) >= 11 is 5.81. The maximum atomic E-state index is 11.8. The summed E-state index contributed by atoms with van der Waals surface area (Å²) < 4.78 is 5.07. The number of amides is 2. The molecule has 120 valence electrons. The molecule has 0 atom stereocenters. The lowest BCUT2D eigenvalue weighted by Gasteiger charge is -2.07. The molecule has 0 aliphatic heterocycles. The van der Waals surface area contributed by atoms with E-state index in [2.05, 4.69) is 15.6 Å². The van der Waals surface area contributed by atoms with Crippen LogP contribution in [0.4, 0.5) is 5.69 Å². The molecule has 0 radical (unpaired) electrons. The van der Waals surface area contributed by atoms with Crippen LogP contribution in [0, 0.1) is 0 Å². The lowest BCUT2D eigenvalue weighted by molar-refractivity contribution is -0.136. The molecule has 7 heteroatoms. The number of methoxy groups -OCH3 is 1. The van der Waals surface area contributed by atoms with Crippen LogP contribution in [-0.4, -0.2) is 30.5 Å². The van der Waals surface area contributed by atoms with Crippen molar-refractivity contribution < 1.29 is 14.3 Å². The minimum absolute atomic E-state index is 0.131. The zero-order chi connectivity index (χ0) is 16.7. The topological polar surface area (TPSA) is 80.3 Å². The van der Waals surface area contributed by atoms with E-state index in [1.165, 1.54) is 6.20 Å².